The maximum Gasteiger partial charge on any atom is 0.194 e. The molecule has 0 fully saturated rings. The topological polar surface area (TPSA) is 30.0 Å². The molecule has 1 aromatic heterocycles. The van der Waals surface area contributed by atoms with E-state index in [4.69, 9.17) is 11.6 Å². The second kappa shape index (κ2) is 5.11. The van der Waals surface area contributed by atoms with Gasteiger partial charge in [0.2, 0.25) is 0 Å². The molecule has 0 N–H and O–H groups in total. The van der Waals surface area contributed by atoms with Gasteiger partial charge in [-0.1, -0.05) is 30.7 Å². The Morgan fingerprint density at radius 1 is 1.24 bits per heavy atom. The minimum absolute atomic E-state index is 0.0464. The van der Waals surface area contributed by atoms with E-state index >= 15 is 0 Å². The van der Waals surface area contributed by atoms with Crippen LogP contribution < -0.4 is 0 Å². The van der Waals surface area contributed by atoms with Gasteiger partial charge in [-0.3, -0.25) is 9.78 Å². The number of ketones is 1. The van der Waals surface area contributed by atoms with Gasteiger partial charge in [0.1, 0.15) is 0 Å². The monoisotopic (exact) mass is 245 g/mol. The number of benzene rings is 1. The van der Waals surface area contributed by atoms with E-state index in [1.54, 1.807) is 30.6 Å². The van der Waals surface area contributed by atoms with Crippen molar-refractivity contribution in [3.05, 3.63) is 64.4 Å². The quantitative estimate of drug-likeness (QED) is 0.775. The lowest BCUT2D eigenvalue weighted by molar-refractivity contribution is 0.103. The maximum absolute atomic E-state index is 12.3. The third-order valence-corrected chi connectivity index (χ3v) is 2.98. The molecule has 0 aliphatic carbocycles. The molecule has 2 rings (SSSR count). The zero-order valence-electron chi connectivity index (χ0n) is 9.48. The van der Waals surface area contributed by atoms with Gasteiger partial charge >= 0.3 is 0 Å². The predicted molar refractivity (Wildman–Crippen MR) is 68.5 cm³/mol. The van der Waals surface area contributed by atoms with E-state index in [2.05, 4.69) is 4.98 Å². The van der Waals surface area contributed by atoms with Gasteiger partial charge in [-0.25, -0.2) is 0 Å². The fourth-order valence-electron chi connectivity index (χ4n) is 1.72. The number of carbonyl (C=O) groups excluding carboxylic acids is 1. The fourth-order valence-corrected chi connectivity index (χ4v) is 1.94. The third kappa shape index (κ3) is 2.37. The molecule has 0 spiro atoms. The van der Waals surface area contributed by atoms with E-state index in [0.29, 0.717) is 16.1 Å². The van der Waals surface area contributed by atoms with Crippen LogP contribution in [0.2, 0.25) is 5.02 Å². The molecule has 0 unspecified atom stereocenters. The maximum atomic E-state index is 12.3. The number of pyridine rings is 1. The van der Waals surface area contributed by atoms with E-state index < -0.39 is 0 Å². The SMILES string of the molecule is CCc1cnccc1C(=O)c1ccccc1Cl. The molecule has 1 heterocycles. The highest BCUT2D eigenvalue weighted by Crippen LogP contribution is 2.20. The van der Waals surface area contributed by atoms with Crippen molar-refractivity contribution in [1.82, 2.24) is 4.98 Å². The molecule has 0 aliphatic heterocycles. The van der Waals surface area contributed by atoms with Crippen molar-refractivity contribution in [2.75, 3.05) is 0 Å². The number of hydrogen-bond donors (Lipinski definition) is 0. The molecule has 0 amide bonds. The van der Waals surface area contributed by atoms with Crippen LogP contribution in [0.25, 0.3) is 0 Å². The van der Waals surface area contributed by atoms with E-state index in [1.807, 2.05) is 19.1 Å². The molecule has 0 saturated carbocycles. The molecular weight excluding hydrogens is 234 g/mol. The number of aromatic nitrogens is 1. The van der Waals surface area contributed by atoms with E-state index in [1.165, 1.54) is 0 Å². The zero-order chi connectivity index (χ0) is 12.3. The van der Waals surface area contributed by atoms with Crippen LogP contribution in [0.5, 0.6) is 0 Å². The Morgan fingerprint density at radius 2 is 2.00 bits per heavy atom. The second-order valence-corrected chi connectivity index (χ2v) is 4.10. The summed E-state index contributed by atoms with van der Waals surface area (Å²) in [6.07, 6.45) is 4.13. The first-order valence-corrected chi connectivity index (χ1v) is 5.84. The summed E-state index contributed by atoms with van der Waals surface area (Å²) in [6, 6.07) is 8.83. The van der Waals surface area contributed by atoms with E-state index in [0.717, 1.165) is 12.0 Å². The summed E-state index contributed by atoms with van der Waals surface area (Å²) < 4.78 is 0. The minimum Gasteiger partial charge on any atom is -0.289 e. The Bertz CT molecular complexity index is 551. The van der Waals surface area contributed by atoms with Crippen molar-refractivity contribution in [2.24, 2.45) is 0 Å². The Morgan fingerprint density at radius 3 is 2.71 bits per heavy atom. The van der Waals surface area contributed by atoms with Crippen LogP contribution in [0.15, 0.2) is 42.7 Å². The summed E-state index contributed by atoms with van der Waals surface area (Å²) in [6.45, 7) is 2.00. The molecule has 86 valence electrons. The van der Waals surface area contributed by atoms with Crippen LogP contribution in [0.1, 0.15) is 28.4 Å². The summed E-state index contributed by atoms with van der Waals surface area (Å²) >= 11 is 6.03. The Hall–Kier alpha value is -1.67. The molecule has 3 heteroatoms. The average Bonchev–Trinajstić information content (AvgIpc) is 2.38. The highest BCUT2D eigenvalue weighted by molar-refractivity contribution is 6.35. The van der Waals surface area contributed by atoms with Gasteiger partial charge in [0, 0.05) is 23.5 Å². The molecule has 0 aliphatic rings. The van der Waals surface area contributed by atoms with Crippen molar-refractivity contribution in [3.63, 3.8) is 0 Å². The first kappa shape index (κ1) is 11.8. The highest BCUT2D eigenvalue weighted by Gasteiger charge is 2.14. The number of aryl methyl sites for hydroxylation is 1. The number of nitrogens with zero attached hydrogens (tertiary/aromatic N) is 1. The lowest BCUT2D eigenvalue weighted by Crippen LogP contribution is -2.06. The first-order valence-electron chi connectivity index (χ1n) is 5.46. The summed E-state index contributed by atoms with van der Waals surface area (Å²) in [5.41, 5.74) is 2.16. The lowest BCUT2D eigenvalue weighted by Gasteiger charge is -2.07. The van der Waals surface area contributed by atoms with Crippen LogP contribution in [-0.4, -0.2) is 10.8 Å². The highest BCUT2D eigenvalue weighted by atomic mass is 35.5. The van der Waals surface area contributed by atoms with Crippen LogP contribution >= 0.6 is 11.6 Å². The van der Waals surface area contributed by atoms with Crippen molar-refractivity contribution < 1.29 is 4.79 Å². The van der Waals surface area contributed by atoms with Crippen molar-refractivity contribution in [3.8, 4) is 0 Å². The second-order valence-electron chi connectivity index (χ2n) is 3.70. The molecule has 0 atom stereocenters. The van der Waals surface area contributed by atoms with E-state index in [9.17, 15) is 4.79 Å². The van der Waals surface area contributed by atoms with Gasteiger partial charge in [-0.15, -0.1) is 0 Å². The summed E-state index contributed by atoms with van der Waals surface area (Å²) in [4.78, 5) is 16.4. The van der Waals surface area contributed by atoms with Crippen LogP contribution in [0.3, 0.4) is 0 Å². The summed E-state index contributed by atoms with van der Waals surface area (Å²) in [5.74, 6) is -0.0464. The normalized spacial score (nSPS) is 10.2. The van der Waals surface area contributed by atoms with Crippen LogP contribution in [-0.2, 0) is 6.42 Å². The Balaban J connectivity index is 2.48. The van der Waals surface area contributed by atoms with Gasteiger partial charge in [-0.2, -0.15) is 0 Å². The smallest absolute Gasteiger partial charge is 0.194 e. The molecule has 0 radical (unpaired) electrons. The molecule has 0 saturated heterocycles. The zero-order valence-corrected chi connectivity index (χ0v) is 10.2. The minimum atomic E-state index is -0.0464. The molecular formula is C14H12ClNO. The molecule has 2 nitrogen and oxygen atoms in total. The van der Waals surface area contributed by atoms with Gasteiger partial charge in [0.15, 0.2) is 5.78 Å². The molecule has 17 heavy (non-hydrogen) atoms. The molecule has 0 bridgehead atoms. The summed E-state index contributed by atoms with van der Waals surface area (Å²) in [7, 11) is 0. The first-order chi connectivity index (χ1) is 8.24. The molecule has 1 aromatic carbocycles. The average molecular weight is 246 g/mol. The predicted octanol–water partition coefficient (Wildman–Crippen LogP) is 3.53. The van der Waals surface area contributed by atoms with Crippen LogP contribution in [0.4, 0.5) is 0 Å². The van der Waals surface area contributed by atoms with Gasteiger partial charge in [0.25, 0.3) is 0 Å². The Kier molecular flexibility index (Phi) is 3.55. The number of halogens is 1. The largest absolute Gasteiger partial charge is 0.289 e. The van der Waals surface area contributed by atoms with Gasteiger partial charge in [-0.05, 0) is 30.2 Å². The number of carbonyl (C=O) groups is 1. The van der Waals surface area contributed by atoms with Crippen molar-refractivity contribution in [1.29, 1.82) is 0 Å². The van der Waals surface area contributed by atoms with Crippen LogP contribution in [0, 0.1) is 0 Å². The number of hydrogen-bond acceptors (Lipinski definition) is 2. The van der Waals surface area contributed by atoms with E-state index in [-0.39, 0.29) is 5.78 Å². The van der Waals surface area contributed by atoms with Crippen molar-refractivity contribution in [2.45, 2.75) is 13.3 Å². The third-order valence-electron chi connectivity index (χ3n) is 2.65. The lowest BCUT2D eigenvalue weighted by atomic mass is 9.99. The summed E-state index contributed by atoms with van der Waals surface area (Å²) in [5, 5.41) is 0.483. The Labute approximate surface area is 105 Å². The van der Waals surface area contributed by atoms with Gasteiger partial charge in [0.05, 0.1) is 5.02 Å². The fraction of sp³-hybridized carbons (Fsp3) is 0.143. The van der Waals surface area contributed by atoms with Gasteiger partial charge < -0.3 is 0 Å². The number of rotatable bonds is 3. The van der Waals surface area contributed by atoms with Crippen molar-refractivity contribution >= 4 is 17.4 Å². The molecule has 2 aromatic rings. The standard InChI is InChI=1S/C14H12ClNO/c1-2-10-9-16-8-7-11(10)14(17)12-5-3-4-6-13(12)15/h3-9H,2H2,1H3.